The third-order valence-electron chi connectivity index (χ3n) is 7.52. The number of hydrogen-bond acceptors (Lipinski definition) is 4. The molecule has 6 heteroatoms. The van der Waals surface area contributed by atoms with Crippen molar-refractivity contribution in [2.45, 2.75) is 72.1 Å². The standard InChI is InChI=1S/C26H36BrNO4/c1-14(2)25(32)28-11-8-17(9-12-29)19-22(28)21(27)24(31)20(23(19)30)18-13-16(5)7-10-26(18,6)15(3)4/h13-14,17-18,29-31H,3,7-12H2,1-2,4-6H3/t17-,18-,26-/m0/s1. The van der Waals surface area contributed by atoms with Crippen LogP contribution >= 0.6 is 15.9 Å². The number of aliphatic hydroxyl groups is 1. The van der Waals surface area contributed by atoms with E-state index in [9.17, 15) is 20.1 Å². The van der Waals surface area contributed by atoms with Crippen molar-refractivity contribution in [2.75, 3.05) is 18.1 Å². The lowest BCUT2D eigenvalue weighted by molar-refractivity contribution is -0.121. The van der Waals surface area contributed by atoms with Crippen molar-refractivity contribution < 1.29 is 20.1 Å². The maximum Gasteiger partial charge on any atom is 0.229 e. The molecule has 0 radical (unpaired) electrons. The van der Waals surface area contributed by atoms with Crippen LogP contribution in [0.5, 0.6) is 11.5 Å². The monoisotopic (exact) mass is 505 g/mol. The van der Waals surface area contributed by atoms with Crippen LogP contribution in [0.1, 0.15) is 83.3 Å². The predicted molar refractivity (Wildman–Crippen MR) is 132 cm³/mol. The van der Waals surface area contributed by atoms with E-state index in [1.807, 2.05) is 20.8 Å². The highest BCUT2D eigenvalue weighted by atomic mass is 79.9. The van der Waals surface area contributed by atoms with Gasteiger partial charge >= 0.3 is 0 Å². The summed E-state index contributed by atoms with van der Waals surface area (Å²) in [7, 11) is 0. The fourth-order valence-corrected chi connectivity index (χ4v) is 5.87. The molecule has 3 N–H and O–H groups in total. The Morgan fingerprint density at radius 3 is 2.53 bits per heavy atom. The molecule has 1 aromatic carbocycles. The molecule has 0 fully saturated rings. The van der Waals surface area contributed by atoms with Gasteiger partial charge in [-0.3, -0.25) is 4.79 Å². The highest BCUT2D eigenvalue weighted by Crippen LogP contribution is 2.59. The Kier molecular flexibility index (Phi) is 7.16. The summed E-state index contributed by atoms with van der Waals surface area (Å²) in [5.74, 6) is -0.627. The smallest absolute Gasteiger partial charge is 0.229 e. The van der Waals surface area contributed by atoms with E-state index < -0.39 is 0 Å². The zero-order chi connectivity index (χ0) is 24.0. The first-order valence-electron chi connectivity index (χ1n) is 11.5. The van der Waals surface area contributed by atoms with Gasteiger partial charge in [0.1, 0.15) is 11.5 Å². The van der Waals surface area contributed by atoms with Gasteiger partial charge in [0.15, 0.2) is 0 Å². The van der Waals surface area contributed by atoms with Crippen LogP contribution in [-0.2, 0) is 4.79 Å². The second kappa shape index (κ2) is 9.22. The molecule has 0 bridgehead atoms. The molecular formula is C26H36BrNO4. The summed E-state index contributed by atoms with van der Waals surface area (Å²) in [6.07, 6.45) is 5.08. The minimum absolute atomic E-state index is 0.0125. The summed E-state index contributed by atoms with van der Waals surface area (Å²) in [6.45, 7) is 14.6. The minimum atomic E-state index is -0.323. The van der Waals surface area contributed by atoms with Crippen molar-refractivity contribution in [3.63, 3.8) is 0 Å². The molecule has 1 aliphatic heterocycles. The molecule has 5 nitrogen and oxygen atoms in total. The molecule has 0 saturated heterocycles. The topological polar surface area (TPSA) is 81.0 Å². The van der Waals surface area contributed by atoms with Gasteiger partial charge in [0.05, 0.1) is 10.2 Å². The van der Waals surface area contributed by atoms with Crippen LogP contribution in [-0.4, -0.2) is 34.4 Å². The number of phenols is 2. The van der Waals surface area contributed by atoms with Gasteiger partial charge in [-0.25, -0.2) is 0 Å². The number of anilines is 1. The van der Waals surface area contributed by atoms with E-state index in [4.69, 9.17) is 0 Å². The first-order chi connectivity index (χ1) is 15.0. The Morgan fingerprint density at radius 2 is 1.97 bits per heavy atom. The molecule has 176 valence electrons. The Morgan fingerprint density at radius 1 is 1.31 bits per heavy atom. The third-order valence-corrected chi connectivity index (χ3v) is 8.27. The van der Waals surface area contributed by atoms with Crippen LogP contribution in [0.4, 0.5) is 5.69 Å². The molecule has 1 heterocycles. The minimum Gasteiger partial charge on any atom is -0.507 e. The second-order valence-electron chi connectivity index (χ2n) is 10.0. The predicted octanol–water partition coefficient (Wildman–Crippen LogP) is 6.13. The van der Waals surface area contributed by atoms with Gasteiger partial charge in [-0.15, -0.1) is 0 Å². The van der Waals surface area contributed by atoms with Crippen LogP contribution in [0.2, 0.25) is 0 Å². The van der Waals surface area contributed by atoms with Gasteiger partial charge in [0.2, 0.25) is 5.91 Å². The molecule has 1 aliphatic carbocycles. The van der Waals surface area contributed by atoms with E-state index >= 15 is 0 Å². The number of rotatable bonds is 5. The Labute approximate surface area is 200 Å². The summed E-state index contributed by atoms with van der Waals surface area (Å²) in [5, 5.41) is 32.7. The highest BCUT2D eigenvalue weighted by Gasteiger charge is 2.43. The molecule has 3 rings (SSSR count). The van der Waals surface area contributed by atoms with Gasteiger partial charge in [-0.05, 0) is 66.8 Å². The molecule has 3 atom stereocenters. The third kappa shape index (κ3) is 4.01. The van der Waals surface area contributed by atoms with Crippen molar-refractivity contribution in [3.05, 3.63) is 39.4 Å². The van der Waals surface area contributed by atoms with Crippen LogP contribution in [0.3, 0.4) is 0 Å². The molecule has 0 saturated carbocycles. The van der Waals surface area contributed by atoms with Crippen LogP contribution in [0.25, 0.3) is 0 Å². The van der Waals surface area contributed by atoms with Gasteiger partial charge in [0.25, 0.3) is 0 Å². The number of carbonyl (C=O) groups excluding carboxylic acids is 1. The van der Waals surface area contributed by atoms with Gasteiger partial charge in [0, 0.05) is 36.1 Å². The Hall–Kier alpha value is -1.79. The quantitative estimate of drug-likeness (QED) is 0.420. The number of aromatic hydroxyl groups is 2. The average molecular weight is 506 g/mol. The van der Waals surface area contributed by atoms with Gasteiger partial charge in [-0.2, -0.15) is 0 Å². The number of fused-ring (bicyclic) bond motifs is 1. The van der Waals surface area contributed by atoms with Gasteiger partial charge in [-0.1, -0.05) is 44.6 Å². The summed E-state index contributed by atoms with van der Waals surface area (Å²) in [6, 6.07) is 0. The molecule has 32 heavy (non-hydrogen) atoms. The SMILES string of the molecule is C=C(C)[C@]1(C)CCC(C)=C[C@H]1c1c(O)c(Br)c2c(c1O)[C@H](CCO)CCN2C(=O)C(C)C. The largest absolute Gasteiger partial charge is 0.507 e. The molecular weight excluding hydrogens is 470 g/mol. The van der Waals surface area contributed by atoms with E-state index in [0.29, 0.717) is 40.7 Å². The van der Waals surface area contributed by atoms with Crippen LogP contribution in [0, 0.1) is 11.3 Å². The summed E-state index contributed by atoms with van der Waals surface area (Å²) in [5.41, 5.74) is 3.53. The van der Waals surface area contributed by atoms with Gasteiger partial charge < -0.3 is 20.2 Å². The zero-order valence-corrected chi connectivity index (χ0v) is 21.4. The van der Waals surface area contributed by atoms with E-state index in [1.165, 1.54) is 5.57 Å². The van der Waals surface area contributed by atoms with E-state index in [0.717, 1.165) is 18.4 Å². The number of hydrogen-bond donors (Lipinski definition) is 3. The fourth-order valence-electron chi connectivity index (χ4n) is 5.23. The molecule has 0 aromatic heterocycles. The van der Waals surface area contributed by atoms with Crippen molar-refractivity contribution in [2.24, 2.45) is 11.3 Å². The number of nitrogens with zero attached hydrogens (tertiary/aromatic N) is 1. The lowest BCUT2D eigenvalue weighted by Crippen LogP contribution is -2.40. The lowest BCUT2D eigenvalue weighted by atomic mass is 9.62. The number of phenolic OH excluding ortho intramolecular Hbond substituents is 2. The number of carbonyl (C=O) groups is 1. The lowest BCUT2D eigenvalue weighted by Gasteiger charge is -2.43. The van der Waals surface area contributed by atoms with E-state index in [2.05, 4.69) is 42.4 Å². The number of benzene rings is 1. The Bertz CT molecular complexity index is 967. The first-order valence-corrected chi connectivity index (χ1v) is 12.3. The number of allylic oxidation sites excluding steroid dienone is 3. The zero-order valence-electron chi connectivity index (χ0n) is 19.8. The highest BCUT2D eigenvalue weighted by molar-refractivity contribution is 9.10. The summed E-state index contributed by atoms with van der Waals surface area (Å²) < 4.78 is 0.428. The van der Waals surface area contributed by atoms with Crippen molar-refractivity contribution in [1.29, 1.82) is 0 Å². The molecule has 0 spiro atoms. The number of amides is 1. The average Bonchev–Trinajstić information content (AvgIpc) is 2.73. The fraction of sp³-hybridized carbons (Fsp3) is 0.577. The van der Waals surface area contributed by atoms with Crippen molar-refractivity contribution in [1.82, 2.24) is 0 Å². The van der Waals surface area contributed by atoms with E-state index in [-0.39, 0.29) is 47.2 Å². The molecule has 0 unspecified atom stereocenters. The van der Waals surface area contributed by atoms with Crippen molar-refractivity contribution >= 4 is 27.5 Å². The van der Waals surface area contributed by atoms with Crippen molar-refractivity contribution in [3.8, 4) is 11.5 Å². The first kappa shape index (κ1) is 24.8. The number of halogens is 1. The van der Waals surface area contributed by atoms with E-state index in [1.54, 1.807) is 4.90 Å². The molecule has 1 amide bonds. The normalized spacial score (nSPS) is 25.5. The summed E-state index contributed by atoms with van der Waals surface area (Å²) in [4.78, 5) is 14.7. The Balaban J connectivity index is 2.33. The summed E-state index contributed by atoms with van der Waals surface area (Å²) >= 11 is 3.58. The van der Waals surface area contributed by atoms with Crippen LogP contribution < -0.4 is 4.90 Å². The molecule has 2 aliphatic rings. The molecule has 1 aromatic rings. The number of aliphatic hydroxyl groups excluding tert-OH is 1. The van der Waals surface area contributed by atoms with Crippen LogP contribution in [0.15, 0.2) is 28.3 Å². The second-order valence-corrected chi connectivity index (χ2v) is 10.8. The maximum atomic E-state index is 13.0. The maximum absolute atomic E-state index is 13.0.